The molecular weight excluding hydrogens is 312 g/mol. The lowest BCUT2D eigenvalue weighted by Crippen LogP contribution is -2.20. The van der Waals surface area contributed by atoms with Crippen molar-refractivity contribution in [3.63, 3.8) is 0 Å². The van der Waals surface area contributed by atoms with Gasteiger partial charge in [-0.15, -0.1) is 0 Å². The lowest BCUT2D eigenvalue weighted by Gasteiger charge is -2.12. The van der Waals surface area contributed by atoms with Crippen LogP contribution in [0.3, 0.4) is 0 Å². The third-order valence-corrected chi connectivity index (χ3v) is 3.63. The molecule has 0 saturated heterocycles. The molecule has 0 aromatic heterocycles. The maximum Gasteiger partial charge on any atom is 0.262 e. The SMILES string of the molecule is N#Cc1ccc(NC(=O)COc2ccccc2-c2ccccc2)cc1. The van der Waals surface area contributed by atoms with E-state index < -0.39 is 0 Å². The predicted octanol–water partition coefficient (Wildman–Crippen LogP) is 4.24. The second-order valence-corrected chi connectivity index (χ2v) is 5.39. The van der Waals surface area contributed by atoms with E-state index in [1.165, 1.54) is 0 Å². The molecule has 0 fully saturated rings. The maximum atomic E-state index is 12.1. The molecule has 0 bridgehead atoms. The predicted molar refractivity (Wildman–Crippen MR) is 97.2 cm³/mol. The van der Waals surface area contributed by atoms with E-state index in [-0.39, 0.29) is 12.5 Å². The zero-order chi connectivity index (χ0) is 17.5. The third kappa shape index (κ3) is 4.24. The number of benzene rings is 3. The molecule has 1 N–H and O–H groups in total. The van der Waals surface area contributed by atoms with Crippen molar-refractivity contribution in [1.82, 2.24) is 0 Å². The highest BCUT2D eigenvalue weighted by Crippen LogP contribution is 2.29. The maximum absolute atomic E-state index is 12.1. The number of nitrogens with one attached hydrogen (secondary N) is 1. The summed E-state index contributed by atoms with van der Waals surface area (Å²) in [6.07, 6.45) is 0. The highest BCUT2D eigenvalue weighted by Gasteiger charge is 2.08. The van der Waals surface area contributed by atoms with Crippen LogP contribution in [-0.2, 0) is 4.79 Å². The van der Waals surface area contributed by atoms with Gasteiger partial charge < -0.3 is 10.1 Å². The Morgan fingerprint density at radius 3 is 2.32 bits per heavy atom. The quantitative estimate of drug-likeness (QED) is 0.762. The van der Waals surface area contributed by atoms with Gasteiger partial charge in [-0.2, -0.15) is 5.26 Å². The fourth-order valence-corrected chi connectivity index (χ4v) is 2.42. The van der Waals surface area contributed by atoms with E-state index in [4.69, 9.17) is 10.00 Å². The van der Waals surface area contributed by atoms with Gasteiger partial charge in [-0.1, -0.05) is 48.5 Å². The Hall–Kier alpha value is -3.58. The fraction of sp³-hybridized carbons (Fsp3) is 0.0476. The van der Waals surface area contributed by atoms with Crippen LogP contribution in [0.5, 0.6) is 5.75 Å². The number of ether oxygens (including phenoxy) is 1. The number of hydrogen-bond donors (Lipinski definition) is 1. The molecule has 0 saturated carbocycles. The third-order valence-electron chi connectivity index (χ3n) is 3.63. The van der Waals surface area contributed by atoms with E-state index in [1.54, 1.807) is 24.3 Å². The van der Waals surface area contributed by atoms with E-state index in [0.717, 1.165) is 11.1 Å². The molecule has 0 atom stereocenters. The molecule has 4 heteroatoms. The van der Waals surface area contributed by atoms with Gasteiger partial charge in [0.15, 0.2) is 6.61 Å². The number of hydrogen-bond acceptors (Lipinski definition) is 3. The van der Waals surface area contributed by atoms with Gasteiger partial charge in [0.1, 0.15) is 5.75 Å². The Kier molecular flexibility index (Phi) is 5.08. The van der Waals surface area contributed by atoms with Gasteiger partial charge in [0, 0.05) is 11.3 Å². The molecule has 1 amide bonds. The Morgan fingerprint density at radius 2 is 1.60 bits per heavy atom. The molecule has 0 aliphatic carbocycles. The van der Waals surface area contributed by atoms with Crippen molar-refractivity contribution in [2.45, 2.75) is 0 Å². The van der Waals surface area contributed by atoms with E-state index in [2.05, 4.69) is 5.32 Å². The molecule has 3 aromatic carbocycles. The minimum Gasteiger partial charge on any atom is -0.483 e. The molecule has 0 aliphatic heterocycles. The van der Waals surface area contributed by atoms with Gasteiger partial charge in [-0.3, -0.25) is 4.79 Å². The van der Waals surface area contributed by atoms with Crippen molar-refractivity contribution in [1.29, 1.82) is 5.26 Å². The zero-order valence-electron chi connectivity index (χ0n) is 13.5. The summed E-state index contributed by atoms with van der Waals surface area (Å²) in [6.45, 7) is -0.0934. The molecule has 122 valence electrons. The van der Waals surface area contributed by atoms with Gasteiger partial charge in [0.05, 0.1) is 11.6 Å². The first-order valence-electron chi connectivity index (χ1n) is 7.83. The number of para-hydroxylation sites is 1. The van der Waals surface area contributed by atoms with Crippen molar-refractivity contribution >= 4 is 11.6 Å². The summed E-state index contributed by atoms with van der Waals surface area (Å²) in [5, 5.41) is 11.5. The normalized spacial score (nSPS) is 9.88. The highest BCUT2D eigenvalue weighted by molar-refractivity contribution is 5.92. The van der Waals surface area contributed by atoms with Crippen LogP contribution in [0.25, 0.3) is 11.1 Å². The average molecular weight is 328 g/mol. The Morgan fingerprint density at radius 1 is 0.920 bits per heavy atom. The Labute approximate surface area is 146 Å². The van der Waals surface area contributed by atoms with Crippen LogP contribution in [-0.4, -0.2) is 12.5 Å². The lowest BCUT2D eigenvalue weighted by molar-refractivity contribution is -0.118. The van der Waals surface area contributed by atoms with Crippen LogP contribution < -0.4 is 10.1 Å². The number of nitrogens with zero attached hydrogens (tertiary/aromatic N) is 1. The second-order valence-electron chi connectivity index (χ2n) is 5.39. The van der Waals surface area contributed by atoms with Crippen LogP contribution in [0.1, 0.15) is 5.56 Å². The topological polar surface area (TPSA) is 62.1 Å². The van der Waals surface area contributed by atoms with E-state index >= 15 is 0 Å². The fourth-order valence-electron chi connectivity index (χ4n) is 2.42. The number of rotatable bonds is 5. The van der Waals surface area contributed by atoms with Crippen molar-refractivity contribution in [3.8, 4) is 22.9 Å². The zero-order valence-corrected chi connectivity index (χ0v) is 13.5. The van der Waals surface area contributed by atoms with Crippen LogP contribution in [0, 0.1) is 11.3 Å². The molecular formula is C21H16N2O2. The van der Waals surface area contributed by atoms with Gasteiger partial charge >= 0.3 is 0 Å². The first-order valence-corrected chi connectivity index (χ1v) is 7.83. The van der Waals surface area contributed by atoms with Crippen molar-refractivity contribution in [3.05, 3.63) is 84.4 Å². The van der Waals surface area contributed by atoms with Crippen LogP contribution in [0.2, 0.25) is 0 Å². The molecule has 3 aromatic rings. The van der Waals surface area contributed by atoms with Gasteiger partial charge in [0.25, 0.3) is 5.91 Å². The van der Waals surface area contributed by atoms with Crippen LogP contribution in [0.15, 0.2) is 78.9 Å². The number of nitriles is 1. The van der Waals surface area contributed by atoms with Crippen molar-refractivity contribution < 1.29 is 9.53 Å². The number of carbonyl (C=O) groups excluding carboxylic acids is 1. The first-order chi connectivity index (χ1) is 12.3. The molecule has 0 radical (unpaired) electrons. The standard InChI is InChI=1S/C21H16N2O2/c22-14-16-10-12-18(13-11-16)23-21(24)15-25-20-9-5-4-8-19(20)17-6-2-1-3-7-17/h1-13H,15H2,(H,23,24). The number of anilines is 1. The first kappa shape index (κ1) is 16.3. The van der Waals surface area contributed by atoms with Gasteiger partial charge in [-0.25, -0.2) is 0 Å². The van der Waals surface area contributed by atoms with E-state index in [9.17, 15) is 4.79 Å². The Balaban J connectivity index is 1.65. The molecule has 25 heavy (non-hydrogen) atoms. The number of carbonyl (C=O) groups is 1. The molecule has 0 aliphatic rings. The van der Waals surface area contributed by atoms with Crippen molar-refractivity contribution in [2.75, 3.05) is 11.9 Å². The van der Waals surface area contributed by atoms with Crippen LogP contribution in [0.4, 0.5) is 5.69 Å². The molecule has 0 heterocycles. The summed E-state index contributed by atoms with van der Waals surface area (Å²) in [5.41, 5.74) is 3.15. The summed E-state index contributed by atoms with van der Waals surface area (Å²) in [6, 6.07) is 26.2. The van der Waals surface area contributed by atoms with Crippen LogP contribution >= 0.6 is 0 Å². The average Bonchev–Trinajstić information content (AvgIpc) is 2.68. The molecule has 4 nitrogen and oxygen atoms in total. The van der Waals surface area contributed by atoms with Gasteiger partial charge in [-0.05, 0) is 35.9 Å². The van der Waals surface area contributed by atoms with Crippen molar-refractivity contribution in [2.24, 2.45) is 0 Å². The smallest absolute Gasteiger partial charge is 0.262 e. The summed E-state index contributed by atoms with van der Waals surface area (Å²) in [7, 11) is 0. The largest absolute Gasteiger partial charge is 0.483 e. The molecule has 0 unspecified atom stereocenters. The summed E-state index contributed by atoms with van der Waals surface area (Å²) < 4.78 is 5.71. The minimum absolute atomic E-state index is 0.0934. The molecule has 0 spiro atoms. The van der Waals surface area contributed by atoms with E-state index in [0.29, 0.717) is 17.0 Å². The number of amides is 1. The highest BCUT2D eigenvalue weighted by atomic mass is 16.5. The van der Waals surface area contributed by atoms with E-state index in [1.807, 2.05) is 60.7 Å². The summed E-state index contributed by atoms with van der Waals surface area (Å²) in [5.74, 6) is 0.399. The second kappa shape index (κ2) is 7.80. The lowest BCUT2D eigenvalue weighted by atomic mass is 10.1. The minimum atomic E-state index is -0.257. The molecule has 3 rings (SSSR count). The summed E-state index contributed by atoms with van der Waals surface area (Å²) in [4.78, 5) is 12.1. The monoisotopic (exact) mass is 328 g/mol. The summed E-state index contributed by atoms with van der Waals surface area (Å²) >= 11 is 0. The Bertz CT molecular complexity index is 897. The van der Waals surface area contributed by atoms with Gasteiger partial charge in [0.2, 0.25) is 0 Å².